The summed E-state index contributed by atoms with van der Waals surface area (Å²) >= 11 is 0. The van der Waals surface area contributed by atoms with Gasteiger partial charge in [0.1, 0.15) is 0 Å². The Kier molecular flexibility index (Phi) is 10.6. The van der Waals surface area contributed by atoms with Crippen LogP contribution in [0, 0.1) is 5.92 Å². The van der Waals surface area contributed by atoms with Gasteiger partial charge >= 0.3 is 0 Å². The smallest absolute Gasteiger partial charge is 0.223 e. The molecule has 1 saturated carbocycles. The first-order chi connectivity index (χ1) is 9.20. The third-order valence-electron chi connectivity index (χ3n) is 4.44. The molecule has 0 spiro atoms. The van der Waals surface area contributed by atoms with Crippen LogP contribution in [0.2, 0.25) is 0 Å². The first-order valence-electron chi connectivity index (χ1n) is 7.47. The highest BCUT2D eigenvalue weighted by molar-refractivity contribution is 5.85. The van der Waals surface area contributed by atoms with Gasteiger partial charge < -0.3 is 15.8 Å². The minimum atomic E-state index is 0. The summed E-state index contributed by atoms with van der Waals surface area (Å²) in [6, 6.07) is 0.703. The number of likely N-dealkylation sites (tertiary alicyclic amines) is 1. The quantitative estimate of drug-likeness (QED) is 0.761. The van der Waals surface area contributed by atoms with Crippen molar-refractivity contribution in [2.24, 2.45) is 11.7 Å². The lowest BCUT2D eigenvalue weighted by atomic mass is 10.1. The number of methoxy groups -OCH3 is 1. The van der Waals surface area contributed by atoms with E-state index in [9.17, 15) is 4.79 Å². The summed E-state index contributed by atoms with van der Waals surface area (Å²) in [5.74, 6) is 0.343. The molecule has 0 bridgehead atoms. The van der Waals surface area contributed by atoms with E-state index < -0.39 is 0 Å². The van der Waals surface area contributed by atoms with Crippen molar-refractivity contribution in [2.75, 3.05) is 33.4 Å². The molecule has 7 heteroatoms. The van der Waals surface area contributed by atoms with Gasteiger partial charge in [0, 0.05) is 38.2 Å². The number of hydrogen-bond acceptors (Lipinski definition) is 4. The predicted octanol–water partition coefficient (Wildman–Crippen LogP) is 1.18. The molecule has 3 N–H and O–H groups in total. The van der Waals surface area contributed by atoms with Crippen LogP contribution in [-0.2, 0) is 9.53 Å². The van der Waals surface area contributed by atoms with Crippen LogP contribution in [0.4, 0.5) is 0 Å². The molecule has 1 heterocycles. The molecule has 0 aromatic carbocycles. The summed E-state index contributed by atoms with van der Waals surface area (Å²) in [5, 5.41) is 3.12. The van der Waals surface area contributed by atoms with E-state index in [1.807, 2.05) is 0 Å². The van der Waals surface area contributed by atoms with Crippen LogP contribution in [0.15, 0.2) is 0 Å². The van der Waals surface area contributed by atoms with Crippen LogP contribution in [0.25, 0.3) is 0 Å². The van der Waals surface area contributed by atoms with E-state index in [1.54, 1.807) is 7.11 Å². The van der Waals surface area contributed by atoms with Crippen LogP contribution in [0.5, 0.6) is 0 Å². The average Bonchev–Trinajstić information content (AvgIpc) is 3.02. The summed E-state index contributed by atoms with van der Waals surface area (Å²) < 4.78 is 5.13. The van der Waals surface area contributed by atoms with Crippen molar-refractivity contribution in [3.63, 3.8) is 0 Å². The highest BCUT2D eigenvalue weighted by Crippen LogP contribution is 2.24. The summed E-state index contributed by atoms with van der Waals surface area (Å²) in [5.41, 5.74) is 5.86. The van der Waals surface area contributed by atoms with Crippen LogP contribution in [0.1, 0.15) is 32.1 Å². The van der Waals surface area contributed by atoms with Gasteiger partial charge in [-0.2, -0.15) is 0 Å². The predicted molar refractivity (Wildman–Crippen MR) is 89.3 cm³/mol. The average molecular weight is 342 g/mol. The lowest BCUT2D eigenvalue weighted by Crippen LogP contribution is -2.42. The second-order valence-electron chi connectivity index (χ2n) is 5.84. The third kappa shape index (κ3) is 6.28. The summed E-state index contributed by atoms with van der Waals surface area (Å²) in [6.07, 6.45) is 5.18. The molecule has 2 rings (SSSR count). The number of ether oxygens (including phenoxy) is 1. The molecule has 3 unspecified atom stereocenters. The molecule has 1 amide bonds. The second-order valence-corrected chi connectivity index (χ2v) is 5.84. The van der Waals surface area contributed by atoms with Gasteiger partial charge in [-0.05, 0) is 38.6 Å². The summed E-state index contributed by atoms with van der Waals surface area (Å²) in [4.78, 5) is 14.5. The van der Waals surface area contributed by atoms with Crippen molar-refractivity contribution >= 4 is 30.7 Å². The van der Waals surface area contributed by atoms with Gasteiger partial charge in [0.05, 0.1) is 6.61 Å². The van der Waals surface area contributed by atoms with Crippen LogP contribution < -0.4 is 11.1 Å². The normalized spacial score (nSPS) is 28.8. The van der Waals surface area contributed by atoms with Crippen molar-refractivity contribution in [1.29, 1.82) is 0 Å². The Bertz CT molecular complexity index is 308. The monoisotopic (exact) mass is 341 g/mol. The Morgan fingerprint density at radius 2 is 2.10 bits per heavy atom. The molecule has 126 valence electrons. The van der Waals surface area contributed by atoms with Gasteiger partial charge in [-0.1, -0.05) is 0 Å². The fraction of sp³-hybridized carbons (Fsp3) is 0.929. The first kappa shape index (κ1) is 20.9. The molecule has 1 aliphatic heterocycles. The number of amides is 1. The van der Waals surface area contributed by atoms with Crippen molar-refractivity contribution in [2.45, 2.75) is 44.2 Å². The highest BCUT2D eigenvalue weighted by atomic mass is 35.5. The largest absolute Gasteiger partial charge is 0.383 e. The fourth-order valence-corrected chi connectivity index (χ4v) is 3.25. The molecule has 21 heavy (non-hydrogen) atoms. The maximum Gasteiger partial charge on any atom is 0.223 e. The molecule has 0 radical (unpaired) electrons. The fourth-order valence-electron chi connectivity index (χ4n) is 3.25. The molecule has 1 aliphatic carbocycles. The minimum Gasteiger partial charge on any atom is -0.383 e. The molecule has 0 aromatic heterocycles. The Morgan fingerprint density at radius 1 is 1.33 bits per heavy atom. The van der Waals surface area contributed by atoms with E-state index in [4.69, 9.17) is 10.5 Å². The molecule has 1 saturated heterocycles. The van der Waals surface area contributed by atoms with Gasteiger partial charge in [0.15, 0.2) is 0 Å². The van der Waals surface area contributed by atoms with Crippen LogP contribution in [0.3, 0.4) is 0 Å². The zero-order valence-corrected chi connectivity index (χ0v) is 14.4. The molecule has 2 aliphatic rings. The SMILES string of the molecule is COCCN1CCCC1CNC(=O)C1CCC(N)C1.Cl.Cl. The molecule has 3 atom stereocenters. The number of hydrogen-bond donors (Lipinski definition) is 2. The van der Waals surface area contributed by atoms with E-state index in [-0.39, 0.29) is 42.7 Å². The summed E-state index contributed by atoms with van der Waals surface area (Å²) in [6.45, 7) is 3.62. The van der Waals surface area contributed by atoms with E-state index in [1.165, 1.54) is 12.8 Å². The Labute approximate surface area is 140 Å². The lowest BCUT2D eigenvalue weighted by Gasteiger charge is -2.24. The van der Waals surface area contributed by atoms with Crippen LogP contribution >= 0.6 is 24.8 Å². The zero-order valence-electron chi connectivity index (χ0n) is 12.8. The third-order valence-corrected chi connectivity index (χ3v) is 4.44. The maximum atomic E-state index is 12.1. The van der Waals surface area contributed by atoms with Crippen molar-refractivity contribution in [3.05, 3.63) is 0 Å². The number of halogens is 2. The number of nitrogens with two attached hydrogens (primary N) is 1. The molecule has 2 fully saturated rings. The van der Waals surface area contributed by atoms with Gasteiger partial charge in [0.2, 0.25) is 5.91 Å². The van der Waals surface area contributed by atoms with Gasteiger partial charge in [-0.15, -0.1) is 24.8 Å². The molecular weight excluding hydrogens is 313 g/mol. The van der Waals surface area contributed by atoms with Gasteiger partial charge in [0.25, 0.3) is 0 Å². The number of rotatable bonds is 6. The number of nitrogens with one attached hydrogen (secondary N) is 1. The first-order valence-corrected chi connectivity index (χ1v) is 7.47. The molecule has 5 nitrogen and oxygen atoms in total. The Morgan fingerprint density at radius 3 is 2.71 bits per heavy atom. The van der Waals surface area contributed by atoms with Gasteiger partial charge in [-0.3, -0.25) is 9.69 Å². The van der Waals surface area contributed by atoms with E-state index in [0.29, 0.717) is 6.04 Å². The molecular formula is C14H29Cl2N3O2. The number of carbonyl (C=O) groups is 1. The maximum absolute atomic E-state index is 12.1. The topological polar surface area (TPSA) is 67.6 Å². The highest BCUT2D eigenvalue weighted by Gasteiger charge is 2.29. The minimum absolute atomic E-state index is 0. The standard InChI is InChI=1S/C14H27N3O2.2ClH/c1-19-8-7-17-6-2-3-13(17)10-16-14(18)11-4-5-12(15)9-11;;/h11-13H,2-10,15H2,1H3,(H,16,18);2*1H. The zero-order chi connectivity index (χ0) is 13.7. The number of nitrogens with zero attached hydrogens (tertiary/aromatic N) is 1. The van der Waals surface area contributed by atoms with E-state index >= 15 is 0 Å². The Hall–Kier alpha value is -0.0700. The lowest BCUT2D eigenvalue weighted by molar-refractivity contribution is -0.125. The van der Waals surface area contributed by atoms with E-state index in [2.05, 4.69) is 10.2 Å². The summed E-state index contributed by atoms with van der Waals surface area (Å²) in [7, 11) is 1.73. The van der Waals surface area contributed by atoms with Crippen molar-refractivity contribution in [1.82, 2.24) is 10.2 Å². The van der Waals surface area contributed by atoms with Crippen LogP contribution in [-0.4, -0.2) is 56.2 Å². The van der Waals surface area contributed by atoms with Crippen molar-refractivity contribution < 1.29 is 9.53 Å². The van der Waals surface area contributed by atoms with Crippen molar-refractivity contribution in [3.8, 4) is 0 Å². The van der Waals surface area contributed by atoms with E-state index in [0.717, 1.165) is 45.5 Å². The molecule has 0 aromatic rings. The number of carbonyl (C=O) groups excluding carboxylic acids is 1. The van der Waals surface area contributed by atoms with Gasteiger partial charge in [-0.25, -0.2) is 0 Å². The Balaban J connectivity index is 0.00000200. The second kappa shape index (κ2) is 10.6.